The van der Waals surface area contributed by atoms with Crippen LogP contribution in [0, 0.1) is 27.7 Å². The fourth-order valence-corrected chi connectivity index (χ4v) is 3.70. The summed E-state index contributed by atoms with van der Waals surface area (Å²) in [5, 5.41) is 14.4. The van der Waals surface area contributed by atoms with Crippen LogP contribution < -0.4 is 5.32 Å². The van der Waals surface area contributed by atoms with Crippen LogP contribution in [0.15, 0.2) is 0 Å². The molecule has 2 aromatic rings. The van der Waals surface area contributed by atoms with Crippen LogP contribution in [0.2, 0.25) is 0 Å². The van der Waals surface area contributed by atoms with Crippen LogP contribution in [0.25, 0.3) is 0 Å². The number of hydrogen-bond acceptors (Lipinski definition) is 5. The van der Waals surface area contributed by atoms with E-state index in [0.717, 1.165) is 42.0 Å². The zero-order valence-corrected chi connectivity index (χ0v) is 17.1. The summed E-state index contributed by atoms with van der Waals surface area (Å²) in [6.07, 6.45) is 2.84. The monoisotopic (exact) mass is 387 g/mol. The van der Waals surface area contributed by atoms with Crippen LogP contribution >= 0.6 is 0 Å². The Bertz CT molecular complexity index is 835. The molecular weight excluding hydrogens is 358 g/mol. The molecule has 9 nitrogen and oxygen atoms in total. The summed E-state index contributed by atoms with van der Waals surface area (Å²) in [6.45, 7) is 9.06. The lowest BCUT2D eigenvalue weighted by Gasteiger charge is -2.21. The molecule has 3 heterocycles. The standard InChI is InChI=1S/C19H29N7O2/c1-12-17(13(2)23-22-12)10-18(27)21-16-6-5-8-25(9-7-16)19(28)11-26-15(4)20-14(3)24-26/h16H,5-11H2,1-4H3,(H,21,27)(H,22,23). The molecule has 0 aromatic carbocycles. The van der Waals surface area contributed by atoms with Gasteiger partial charge in [0.15, 0.2) is 0 Å². The van der Waals surface area contributed by atoms with Gasteiger partial charge in [0, 0.05) is 30.4 Å². The van der Waals surface area contributed by atoms with Gasteiger partial charge in [0.2, 0.25) is 11.8 Å². The van der Waals surface area contributed by atoms with Gasteiger partial charge in [-0.2, -0.15) is 10.2 Å². The highest BCUT2D eigenvalue weighted by molar-refractivity contribution is 5.79. The molecule has 28 heavy (non-hydrogen) atoms. The third kappa shape index (κ3) is 4.76. The molecule has 0 aliphatic carbocycles. The van der Waals surface area contributed by atoms with Crippen LogP contribution in [-0.2, 0) is 22.6 Å². The molecule has 1 aliphatic heterocycles. The van der Waals surface area contributed by atoms with E-state index in [9.17, 15) is 9.59 Å². The number of carbonyl (C=O) groups excluding carboxylic acids is 2. The fourth-order valence-electron chi connectivity index (χ4n) is 3.70. The van der Waals surface area contributed by atoms with Crippen LogP contribution in [0.5, 0.6) is 0 Å². The summed E-state index contributed by atoms with van der Waals surface area (Å²) in [5.41, 5.74) is 2.76. The lowest BCUT2D eigenvalue weighted by Crippen LogP contribution is -2.38. The molecule has 152 valence electrons. The smallest absolute Gasteiger partial charge is 0.244 e. The van der Waals surface area contributed by atoms with E-state index in [1.54, 1.807) is 4.68 Å². The second-order valence-corrected chi connectivity index (χ2v) is 7.53. The molecule has 1 atom stereocenters. The van der Waals surface area contributed by atoms with Crippen molar-refractivity contribution in [3.05, 3.63) is 28.6 Å². The van der Waals surface area contributed by atoms with Gasteiger partial charge in [-0.15, -0.1) is 0 Å². The number of aryl methyl sites for hydroxylation is 4. The second-order valence-electron chi connectivity index (χ2n) is 7.53. The first-order chi connectivity index (χ1) is 13.3. The van der Waals surface area contributed by atoms with Crippen molar-refractivity contribution in [1.29, 1.82) is 0 Å². The Morgan fingerprint density at radius 3 is 2.61 bits per heavy atom. The van der Waals surface area contributed by atoms with Crippen LogP contribution in [0.4, 0.5) is 0 Å². The lowest BCUT2D eigenvalue weighted by molar-refractivity contribution is -0.132. The molecule has 3 rings (SSSR count). The molecule has 9 heteroatoms. The highest BCUT2D eigenvalue weighted by Crippen LogP contribution is 2.14. The van der Waals surface area contributed by atoms with Gasteiger partial charge < -0.3 is 10.2 Å². The number of nitrogens with one attached hydrogen (secondary N) is 2. The Labute approximate surface area is 164 Å². The maximum Gasteiger partial charge on any atom is 0.244 e. The van der Waals surface area contributed by atoms with Crippen molar-refractivity contribution in [3.63, 3.8) is 0 Å². The summed E-state index contributed by atoms with van der Waals surface area (Å²) < 4.78 is 1.65. The maximum absolute atomic E-state index is 12.6. The number of likely N-dealkylation sites (tertiary alicyclic amines) is 1. The predicted molar refractivity (Wildman–Crippen MR) is 104 cm³/mol. The minimum absolute atomic E-state index is 0.00564. The number of aromatic amines is 1. The molecule has 1 aliphatic rings. The van der Waals surface area contributed by atoms with E-state index in [-0.39, 0.29) is 24.4 Å². The third-order valence-electron chi connectivity index (χ3n) is 5.31. The van der Waals surface area contributed by atoms with E-state index in [0.29, 0.717) is 25.3 Å². The largest absolute Gasteiger partial charge is 0.353 e. The minimum Gasteiger partial charge on any atom is -0.353 e. The average molecular weight is 387 g/mol. The van der Waals surface area contributed by atoms with E-state index >= 15 is 0 Å². The summed E-state index contributed by atoms with van der Waals surface area (Å²) in [5.74, 6) is 1.47. The Morgan fingerprint density at radius 2 is 1.96 bits per heavy atom. The number of nitrogens with zero attached hydrogens (tertiary/aromatic N) is 5. The normalized spacial score (nSPS) is 17.4. The van der Waals surface area contributed by atoms with Crippen molar-refractivity contribution < 1.29 is 9.59 Å². The molecule has 1 fully saturated rings. The third-order valence-corrected chi connectivity index (χ3v) is 5.31. The van der Waals surface area contributed by atoms with Crippen molar-refractivity contribution in [2.24, 2.45) is 0 Å². The molecular formula is C19H29N7O2. The van der Waals surface area contributed by atoms with E-state index in [1.807, 2.05) is 32.6 Å². The molecule has 0 bridgehead atoms. The van der Waals surface area contributed by atoms with Crippen molar-refractivity contribution in [1.82, 2.24) is 35.2 Å². The topological polar surface area (TPSA) is 109 Å². The summed E-state index contributed by atoms with van der Waals surface area (Å²) in [6, 6.07) is 0.0909. The molecule has 0 saturated carbocycles. The van der Waals surface area contributed by atoms with Gasteiger partial charge >= 0.3 is 0 Å². The zero-order chi connectivity index (χ0) is 20.3. The molecule has 2 N–H and O–H groups in total. The predicted octanol–water partition coefficient (Wildman–Crippen LogP) is 0.975. The van der Waals surface area contributed by atoms with Gasteiger partial charge in [-0.05, 0) is 47.0 Å². The number of H-pyrrole nitrogens is 1. The Hall–Kier alpha value is -2.71. The van der Waals surface area contributed by atoms with E-state index < -0.39 is 0 Å². The van der Waals surface area contributed by atoms with Crippen LogP contribution in [0.1, 0.15) is 47.9 Å². The van der Waals surface area contributed by atoms with Crippen LogP contribution in [-0.4, -0.2) is 60.8 Å². The van der Waals surface area contributed by atoms with Crippen molar-refractivity contribution >= 4 is 11.8 Å². The quantitative estimate of drug-likeness (QED) is 0.795. The highest BCUT2D eigenvalue weighted by atomic mass is 16.2. The molecule has 2 aromatic heterocycles. The lowest BCUT2D eigenvalue weighted by atomic mass is 10.1. The minimum atomic E-state index is 0.00564. The van der Waals surface area contributed by atoms with Gasteiger partial charge in [0.1, 0.15) is 18.2 Å². The van der Waals surface area contributed by atoms with Gasteiger partial charge in [-0.1, -0.05) is 0 Å². The van der Waals surface area contributed by atoms with Gasteiger partial charge in [0.05, 0.1) is 12.1 Å². The molecule has 2 amide bonds. The first-order valence-corrected chi connectivity index (χ1v) is 9.79. The van der Waals surface area contributed by atoms with E-state index in [1.165, 1.54) is 0 Å². The summed E-state index contributed by atoms with van der Waals surface area (Å²) in [7, 11) is 0. The second kappa shape index (κ2) is 8.53. The average Bonchev–Trinajstić information content (AvgIpc) is 3.01. The molecule has 0 radical (unpaired) electrons. The summed E-state index contributed by atoms with van der Waals surface area (Å²) >= 11 is 0. The molecule has 0 spiro atoms. The first-order valence-electron chi connectivity index (χ1n) is 9.79. The molecule has 1 saturated heterocycles. The number of hydrogen-bond donors (Lipinski definition) is 2. The van der Waals surface area contributed by atoms with Crippen LogP contribution in [0.3, 0.4) is 0 Å². The Morgan fingerprint density at radius 1 is 1.18 bits per heavy atom. The Kier molecular flexibility index (Phi) is 6.11. The Balaban J connectivity index is 1.51. The summed E-state index contributed by atoms with van der Waals surface area (Å²) in [4.78, 5) is 31.2. The highest BCUT2D eigenvalue weighted by Gasteiger charge is 2.23. The number of amides is 2. The number of aromatic nitrogens is 5. The van der Waals surface area contributed by atoms with Crippen molar-refractivity contribution in [2.75, 3.05) is 13.1 Å². The SMILES string of the molecule is Cc1nc(C)n(CC(=O)N2CCCC(NC(=O)Cc3c(C)n[nH]c3C)CC2)n1. The zero-order valence-electron chi connectivity index (χ0n) is 17.1. The number of carbonyl (C=O) groups is 2. The van der Waals surface area contributed by atoms with E-state index in [4.69, 9.17) is 0 Å². The van der Waals surface area contributed by atoms with Crippen molar-refractivity contribution in [2.45, 2.75) is 66.0 Å². The molecule has 1 unspecified atom stereocenters. The van der Waals surface area contributed by atoms with E-state index in [2.05, 4.69) is 25.6 Å². The first kappa shape index (κ1) is 20.0. The van der Waals surface area contributed by atoms with Gasteiger partial charge in [-0.25, -0.2) is 9.67 Å². The maximum atomic E-state index is 12.6. The van der Waals surface area contributed by atoms with Crippen molar-refractivity contribution in [3.8, 4) is 0 Å². The fraction of sp³-hybridized carbons (Fsp3) is 0.632. The van der Waals surface area contributed by atoms with Gasteiger partial charge in [-0.3, -0.25) is 14.7 Å². The van der Waals surface area contributed by atoms with Gasteiger partial charge in [0.25, 0.3) is 0 Å². The number of rotatable bonds is 5.